The molecular weight excluding hydrogens is 275 g/mol. The minimum absolute atomic E-state index is 0.0670. The van der Waals surface area contributed by atoms with Crippen LogP contribution in [0.5, 0.6) is 0 Å². The summed E-state index contributed by atoms with van der Waals surface area (Å²) >= 11 is 0. The maximum atomic E-state index is 12.2. The second-order valence-corrected chi connectivity index (χ2v) is 4.71. The number of nitrogens with zero attached hydrogens (tertiary/aromatic N) is 3. The number of carboxylic acids is 1. The molecule has 0 aliphatic heterocycles. The first-order valence-corrected chi connectivity index (χ1v) is 6.00. The quantitative estimate of drug-likeness (QED) is 0.903. The number of hydrogen-bond acceptors (Lipinski definition) is 4. The number of carbonyl (C=O) groups is 1. The summed E-state index contributed by atoms with van der Waals surface area (Å²) in [4.78, 5) is 20.3. The molecule has 0 atom stereocenters. The van der Waals surface area contributed by atoms with E-state index in [4.69, 9.17) is 5.11 Å². The molecule has 0 aliphatic carbocycles. The van der Waals surface area contributed by atoms with E-state index in [-0.39, 0.29) is 23.8 Å². The summed E-state index contributed by atoms with van der Waals surface area (Å²) in [5, 5.41) is 9.11. The summed E-state index contributed by atoms with van der Waals surface area (Å²) in [5.74, 6) is -1.01. The highest BCUT2D eigenvalue weighted by atomic mass is 19.4. The van der Waals surface area contributed by atoms with Gasteiger partial charge in [0, 0.05) is 19.5 Å². The molecule has 0 aromatic carbocycles. The third kappa shape index (κ3) is 4.36. The highest BCUT2D eigenvalue weighted by molar-refractivity contribution is 5.91. The van der Waals surface area contributed by atoms with Crippen LogP contribution in [-0.2, 0) is 0 Å². The number of aromatic nitrogens is 2. The second-order valence-electron chi connectivity index (χ2n) is 4.71. The van der Waals surface area contributed by atoms with Crippen molar-refractivity contribution in [2.45, 2.75) is 32.4 Å². The van der Waals surface area contributed by atoms with E-state index in [0.29, 0.717) is 5.82 Å². The Labute approximate surface area is 114 Å². The SMILES string of the molecule is CC(C)c1ncc(N(C)CCC(F)(F)F)c(C(=O)O)n1. The maximum absolute atomic E-state index is 12.2. The van der Waals surface area contributed by atoms with E-state index < -0.39 is 18.6 Å². The Hall–Kier alpha value is -1.86. The lowest BCUT2D eigenvalue weighted by Crippen LogP contribution is -2.26. The summed E-state index contributed by atoms with van der Waals surface area (Å²) in [6.07, 6.45) is -4.08. The van der Waals surface area contributed by atoms with Gasteiger partial charge in [-0.2, -0.15) is 13.2 Å². The average molecular weight is 291 g/mol. The van der Waals surface area contributed by atoms with Crippen LogP contribution >= 0.6 is 0 Å². The lowest BCUT2D eigenvalue weighted by Gasteiger charge is -2.21. The first kappa shape index (κ1) is 16.2. The van der Waals surface area contributed by atoms with Gasteiger partial charge in [0.2, 0.25) is 0 Å². The number of anilines is 1. The van der Waals surface area contributed by atoms with Crippen molar-refractivity contribution < 1.29 is 23.1 Å². The van der Waals surface area contributed by atoms with E-state index in [1.54, 1.807) is 13.8 Å². The van der Waals surface area contributed by atoms with E-state index in [2.05, 4.69) is 9.97 Å². The number of aromatic carboxylic acids is 1. The van der Waals surface area contributed by atoms with Gasteiger partial charge in [0.25, 0.3) is 0 Å². The predicted octanol–water partition coefficient (Wildman–Crippen LogP) is 2.69. The van der Waals surface area contributed by atoms with Gasteiger partial charge >= 0.3 is 12.1 Å². The van der Waals surface area contributed by atoms with E-state index >= 15 is 0 Å². The molecule has 8 heteroatoms. The minimum Gasteiger partial charge on any atom is -0.476 e. The molecule has 0 saturated heterocycles. The van der Waals surface area contributed by atoms with Gasteiger partial charge in [-0.25, -0.2) is 14.8 Å². The molecule has 1 aromatic rings. The molecule has 0 radical (unpaired) electrons. The largest absolute Gasteiger partial charge is 0.476 e. The lowest BCUT2D eigenvalue weighted by molar-refractivity contribution is -0.132. The molecular formula is C12H16F3N3O2. The van der Waals surface area contributed by atoms with Crippen LogP contribution in [0.1, 0.15) is 42.5 Å². The molecule has 0 fully saturated rings. The first-order chi connectivity index (χ1) is 9.11. The highest BCUT2D eigenvalue weighted by Gasteiger charge is 2.28. The van der Waals surface area contributed by atoms with Crippen LogP contribution in [0.15, 0.2) is 6.20 Å². The van der Waals surface area contributed by atoms with Gasteiger partial charge < -0.3 is 10.0 Å². The Morgan fingerprint density at radius 2 is 2.05 bits per heavy atom. The third-order valence-electron chi connectivity index (χ3n) is 2.65. The number of rotatable bonds is 5. The van der Waals surface area contributed by atoms with Crippen LogP contribution in [-0.4, -0.2) is 40.8 Å². The Balaban J connectivity index is 3.02. The fraction of sp³-hybridized carbons (Fsp3) is 0.583. The molecule has 0 unspecified atom stereocenters. The number of carboxylic acid groups (broad SMARTS) is 1. The number of hydrogen-bond donors (Lipinski definition) is 1. The molecule has 0 bridgehead atoms. The molecule has 1 rings (SSSR count). The number of alkyl halides is 3. The van der Waals surface area contributed by atoms with Crippen molar-refractivity contribution in [3.8, 4) is 0 Å². The van der Waals surface area contributed by atoms with Crippen molar-refractivity contribution in [2.24, 2.45) is 0 Å². The highest BCUT2D eigenvalue weighted by Crippen LogP contribution is 2.23. The van der Waals surface area contributed by atoms with Gasteiger partial charge in [0.1, 0.15) is 5.82 Å². The summed E-state index contributed by atoms with van der Waals surface area (Å²) in [5.41, 5.74) is -0.209. The Morgan fingerprint density at radius 3 is 2.50 bits per heavy atom. The van der Waals surface area contributed by atoms with E-state index in [1.807, 2.05) is 0 Å². The molecule has 0 spiro atoms. The van der Waals surface area contributed by atoms with Crippen LogP contribution in [0.2, 0.25) is 0 Å². The molecule has 1 N–H and O–H groups in total. The zero-order chi connectivity index (χ0) is 15.5. The first-order valence-electron chi connectivity index (χ1n) is 6.00. The fourth-order valence-corrected chi connectivity index (χ4v) is 1.52. The Kier molecular flexibility index (Phi) is 4.91. The van der Waals surface area contributed by atoms with Crippen LogP contribution in [0.3, 0.4) is 0 Å². The van der Waals surface area contributed by atoms with Crippen LogP contribution in [0.25, 0.3) is 0 Å². The van der Waals surface area contributed by atoms with Gasteiger partial charge in [-0.05, 0) is 0 Å². The lowest BCUT2D eigenvalue weighted by atomic mass is 10.2. The van der Waals surface area contributed by atoms with E-state index in [0.717, 1.165) is 0 Å². The smallest absolute Gasteiger partial charge is 0.390 e. The molecule has 0 aliphatic rings. The zero-order valence-electron chi connectivity index (χ0n) is 11.4. The van der Waals surface area contributed by atoms with Gasteiger partial charge in [0.05, 0.1) is 18.3 Å². The average Bonchev–Trinajstić information content (AvgIpc) is 2.34. The molecule has 112 valence electrons. The van der Waals surface area contributed by atoms with Gasteiger partial charge in [-0.1, -0.05) is 13.8 Å². The van der Waals surface area contributed by atoms with Crippen molar-refractivity contribution in [1.29, 1.82) is 0 Å². The van der Waals surface area contributed by atoms with E-state index in [9.17, 15) is 18.0 Å². The van der Waals surface area contributed by atoms with Crippen molar-refractivity contribution in [3.63, 3.8) is 0 Å². The number of halogens is 3. The topological polar surface area (TPSA) is 66.3 Å². The standard InChI is InChI=1S/C12H16F3N3O2/c1-7(2)10-16-6-8(9(17-10)11(19)20)18(3)5-4-12(13,14)15/h6-7H,4-5H2,1-3H3,(H,19,20). The monoisotopic (exact) mass is 291 g/mol. The predicted molar refractivity (Wildman–Crippen MR) is 67.0 cm³/mol. The molecule has 5 nitrogen and oxygen atoms in total. The molecule has 20 heavy (non-hydrogen) atoms. The van der Waals surface area contributed by atoms with Crippen molar-refractivity contribution in [3.05, 3.63) is 17.7 Å². The third-order valence-corrected chi connectivity index (χ3v) is 2.65. The van der Waals surface area contributed by atoms with Crippen molar-refractivity contribution >= 4 is 11.7 Å². The van der Waals surface area contributed by atoms with Crippen LogP contribution in [0.4, 0.5) is 18.9 Å². The molecule has 1 aromatic heterocycles. The maximum Gasteiger partial charge on any atom is 0.390 e. The fourth-order valence-electron chi connectivity index (χ4n) is 1.52. The Bertz CT molecular complexity index is 489. The van der Waals surface area contributed by atoms with Crippen LogP contribution < -0.4 is 4.90 Å². The molecule has 0 saturated carbocycles. The van der Waals surface area contributed by atoms with Crippen LogP contribution in [0, 0.1) is 0 Å². The Morgan fingerprint density at radius 1 is 1.45 bits per heavy atom. The normalized spacial score (nSPS) is 11.8. The zero-order valence-corrected chi connectivity index (χ0v) is 11.4. The minimum atomic E-state index is -4.30. The molecule has 0 amide bonds. The molecule has 1 heterocycles. The summed E-state index contributed by atoms with van der Waals surface area (Å²) < 4.78 is 36.6. The summed E-state index contributed by atoms with van der Waals surface area (Å²) in [7, 11) is 1.38. The van der Waals surface area contributed by atoms with Gasteiger partial charge in [-0.15, -0.1) is 0 Å². The van der Waals surface area contributed by atoms with Crippen molar-refractivity contribution in [2.75, 3.05) is 18.5 Å². The summed E-state index contributed by atoms with van der Waals surface area (Å²) in [6, 6.07) is 0. The second kappa shape index (κ2) is 6.06. The van der Waals surface area contributed by atoms with E-state index in [1.165, 1.54) is 18.1 Å². The van der Waals surface area contributed by atoms with Gasteiger partial charge in [-0.3, -0.25) is 0 Å². The van der Waals surface area contributed by atoms with Gasteiger partial charge in [0.15, 0.2) is 5.69 Å². The van der Waals surface area contributed by atoms with Crippen molar-refractivity contribution in [1.82, 2.24) is 9.97 Å². The summed E-state index contributed by atoms with van der Waals surface area (Å²) in [6.45, 7) is 3.25.